The third kappa shape index (κ3) is 3.05. The molecular formula is C23H24N2O. The topological polar surface area (TPSA) is 23.6 Å². The molecule has 4 rings (SSSR count). The van der Waals surface area contributed by atoms with Crippen molar-refractivity contribution in [2.24, 2.45) is 0 Å². The molecule has 3 aromatic carbocycles. The van der Waals surface area contributed by atoms with Gasteiger partial charge in [0, 0.05) is 25.8 Å². The summed E-state index contributed by atoms with van der Waals surface area (Å²) < 4.78 is 0. The average molecular weight is 344 g/mol. The van der Waals surface area contributed by atoms with E-state index in [1.54, 1.807) is 0 Å². The number of likely N-dealkylation sites (N-methyl/N-ethyl adjacent to an activating group) is 1. The van der Waals surface area contributed by atoms with Crippen LogP contribution >= 0.6 is 0 Å². The molecule has 0 spiro atoms. The van der Waals surface area contributed by atoms with Gasteiger partial charge in [-0.3, -0.25) is 4.79 Å². The number of fused-ring (bicyclic) bond motifs is 2. The Bertz CT molecular complexity index is 950. The van der Waals surface area contributed by atoms with Crippen LogP contribution in [0.25, 0.3) is 10.8 Å². The first-order chi connectivity index (χ1) is 12.6. The van der Waals surface area contributed by atoms with E-state index in [2.05, 4.69) is 59.5 Å². The minimum absolute atomic E-state index is 0.190. The van der Waals surface area contributed by atoms with E-state index in [1.807, 2.05) is 31.0 Å². The third-order valence-electron chi connectivity index (χ3n) is 5.52. The quantitative estimate of drug-likeness (QED) is 0.709. The van der Waals surface area contributed by atoms with Crippen LogP contribution in [0.15, 0.2) is 66.7 Å². The van der Waals surface area contributed by atoms with Gasteiger partial charge < -0.3 is 9.80 Å². The lowest BCUT2D eigenvalue weighted by molar-refractivity contribution is -0.133. The Labute approximate surface area is 154 Å². The van der Waals surface area contributed by atoms with Crippen LogP contribution in [-0.2, 0) is 17.8 Å². The highest BCUT2D eigenvalue weighted by Crippen LogP contribution is 2.24. The summed E-state index contributed by atoms with van der Waals surface area (Å²) in [4.78, 5) is 17.1. The minimum atomic E-state index is -0.193. The zero-order valence-corrected chi connectivity index (χ0v) is 15.4. The number of amides is 1. The van der Waals surface area contributed by atoms with Crippen molar-refractivity contribution in [3.8, 4) is 0 Å². The van der Waals surface area contributed by atoms with E-state index >= 15 is 0 Å². The van der Waals surface area contributed by atoms with Gasteiger partial charge in [-0.05, 0) is 47.4 Å². The molecule has 3 aromatic rings. The lowest BCUT2D eigenvalue weighted by Gasteiger charge is -2.34. The lowest BCUT2D eigenvalue weighted by atomic mass is 9.99. The van der Waals surface area contributed by atoms with Crippen molar-refractivity contribution in [2.45, 2.75) is 25.9 Å². The molecule has 1 aliphatic rings. The van der Waals surface area contributed by atoms with Crippen LogP contribution in [0.4, 0.5) is 5.69 Å². The van der Waals surface area contributed by atoms with Crippen molar-refractivity contribution in [2.75, 3.05) is 18.5 Å². The van der Waals surface area contributed by atoms with Crippen molar-refractivity contribution in [3.63, 3.8) is 0 Å². The first kappa shape index (κ1) is 16.6. The number of carbonyl (C=O) groups is 1. The van der Waals surface area contributed by atoms with Crippen LogP contribution in [0.3, 0.4) is 0 Å². The van der Waals surface area contributed by atoms with E-state index in [0.29, 0.717) is 6.54 Å². The number of rotatable bonds is 3. The Kier molecular flexibility index (Phi) is 4.37. The second-order valence-corrected chi connectivity index (χ2v) is 7.10. The van der Waals surface area contributed by atoms with E-state index in [4.69, 9.17) is 0 Å². The van der Waals surface area contributed by atoms with Crippen molar-refractivity contribution >= 4 is 22.4 Å². The van der Waals surface area contributed by atoms with Crippen molar-refractivity contribution in [3.05, 3.63) is 77.9 Å². The lowest BCUT2D eigenvalue weighted by Crippen LogP contribution is -2.47. The van der Waals surface area contributed by atoms with Crippen molar-refractivity contribution in [1.82, 2.24) is 4.90 Å². The fraction of sp³-hybridized carbons (Fsp3) is 0.261. The molecule has 0 saturated carbocycles. The van der Waals surface area contributed by atoms with E-state index in [1.165, 1.54) is 21.9 Å². The molecule has 1 heterocycles. The highest BCUT2D eigenvalue weighted by atomic mass is 16.2. The van der Waals surface area contributed by atoms with E-state index in [9.17, 15) is 4.79 Å². The SMILES string of the molecule is C[C@H](C(=O)N1CCc2ccccc2C1)N(C)c1ccc2ccccc2c1. The summed E-state index contributed by atoms with van der Waals surface area (Å²) >= 11 is 0. The van der Waals surface area contributed by atoms with E-state index in [-0.39, 0.29) is 11.9 Å². The molecule has 0 aromatic heterocycles. The van der Waals surface area contributed by atoms with Gasteiger partial charge in [0.15, 0.2) is 0 Å². The number of carbonyl (C=O) groups excluding carboxylic acids is 1. The number of benzene rings is 3. The van der Waals surface area contributed by atoms with Gasteiger partial charge in [0.25, 0.3) is 0 Å². The molecule has 0 radical (unpaired) electrons. The van der Waals surface area contributed by atoms with Gasteiger partial charge >= 0.3 is 0 Å². The molecule has 1 amide bonds. The molecule has 0 bridgehead atoms. The summed E-state index contributed by atoms with van der Waals surface area (Å²) in [6, 6.07) is 22.9. The predicted octanol–water partition coefficient (Wildman–Crippen LogP) is 4.25. The Morgan fingerprint density at radius 3 is 2.46 bits per heavy atom. The Morgan fingerprint density at radius 1 is 0.962 bits per heavy atom. The Hall–Kier alpha value is -2.81. The maximum atomic E-state index is 13.1. The van der Waals surface area contributed by atoms with Gasteiger partial charge in [-0.15, -0.1) is 0 Å². The van der Waals surface area contributed by atoms with Gasteiger partial charge in [0.1, 0.15) is 6.04 Å². The van der Waals surface area contributed by atoms with Gasteiger partial charge in [-0.2, -0.15) is 0 Å². The van der Waals surface area contributed by atoms with Crippen LogP contribution in [0.1, 0.15) is 18.1 Å². The molecule has 3 nitrogen and oxygen atoms in total. The zero-order chi connectivity index (χ0) is 18.1. The first-order valence-electron chi connectivity index (χ1n) is 9.21. The molecule has 0 fully saturated rings. The summed E-state index contributed by atoms with van der Waals surface area (Å²) in [6.45, 7) is 3.51. The largest absolute Gasteiger partial charge is 0.363 e. The zero-order valence-electron chi connectivity index (χ0n) is 15.4. The second-order valence-electron chi connectivity index (χ2n) is 7.10. The van der Waals surface area contributed by atoms with Gasteiger partial charge in [-0.1, -0.05) is 54.6 Å². The molecule has 1 aliphatic heterocycles. The second kappa shape index (κ2) is 6.83. The molecule has 0 unspecified atom stereocenters. The summed E-state index contributed by atoms with van der Waals surface area (Å²) in [6.07, 6.45) is 0.939. The van der Waals surface area contributed by atoms with Gasteiger partial charge in [0.05, 0.1) is 0 Å². The summed E-state index contributed by atoms with van der Waals surface area (Å²) in [5, 5.41) is 2.42. The Balaban J connectivity index is 1.52. The first-order valence-corrected chi connectivity index (χ1v) is 9.21. The Morgan fingerprint density at radius 2 is 1.65 bits per heavy atom. The van der Waals surface area contributed by atoms with E-state index in [0.717, 1.165) is 18.7 Å². The van der Waals surface area contributed by atoms with E-state index < -0.39 is 0 Å². The summed E-state index contributed by atoms with van der Waals surface area (Å²) in [5.41, 5.74) is 3.71. The number of anilines is 1. The molecule has 26 heavy (non-hydrogen) atoms. The molecular weight excluding hydrogens is 320 g/mol. The van der Waals surface area contributed by atoms with Crippen LogP contribution < -0.4 is 4.90 Å². The monoisotopic (exact) mass is 344 g/mol. The summed E-state index contributed by atoms with van der Waals surface area (Å²) in [5.74, 6) is 0.190. The number of hydrogen-bond donors (Lipinski definition) is 0. The fourth-order valence-corrected chi connectivity index (χ4v) is 3.73. The fourth-order valence-electron chi connectivity index (χ4n) is 3.73. The molecule has 3 heteroatoms. The average Bonchev–Trinajstić information content (AvgIpc) is 2.71. The molecule has 132 valence electrons. The molecule has 0 aliphatic carbocycles. The van der Waals surface area contributed by atoms with Gasteiger partial charge in [-0.25, -0.2) is 0 Å². The molecule has 0 saturated heterocycles. The van der Waals surface area contributed by atoms with Gasteiger partial charge in [0.2, 0.25) is 5.91 Å². The maximum Gasteiger partial charge on any atom is 0.245 e. The standard InChI is InChI=1S/C23H24N2O/c1-17(23(26)25-14-13-19-8-4-6-10-21(19)16-25)24(2)22-12-11-18-7-3-5-9-20(18)15-22/h3-12,15,17H,13-14,16H2,1-2H3/t17-/m1/s1. The maximum absolute atomic E-state index is 13.1. The van der Waals surface area contributed by atoms with Crippen molar-refractivity contribution < 1.29 is 4.79 Å². The highest BCUT2D eigenvalue weighted by Gasteiger charge is 2.27. The normalized spacial score (nSPS) is 14.8. The van der Waals surface area contributed by atoms with Crippen LogP contribution in [0.2, 0.25) is 0 Å². The third-order valence-corrected chi connectivity index (χ3v) is 5.52. The summed E-state index contributed by atoms with van der Waals surface area (Å²) in [7, 11) is 2.00. The van der Waals surface area contributed by atoms with Crippen LogP contribution in [-0.4, -0.2) is 30.4 Å². The van der Waals surface area contributed by atoms with Crippen molar-refractivity contribution in [1.29, 1.82) is 0 Å². The predicted molar refractivity (Wildman–Crippen MR) is 107 cm³/mol. The molecule has 0 N–H and O–H groups in total. The molecule has 1 atom stereocenters. The smallest absolute Gasteiger partial charge is 0.245 e. The number of hydrogen-bond acceptors (Lipinski definition) is 2. The van der Waals surface area contributed by atoms with Crippen LogP contribution in [0, 0.1) is 0 Å². The van der Waals surface area contributed by atoms with Crippen LogP contribution in [0.5, 0.6) is 0 Å². The number of nitrogens with zero attached hydrogens (tertiary/aromatic N) is 2. The minimum Gasteiger partial charge on any atom is -0.363 e. The highest BCUT2D eigenvalue weighted by molar-refractivity contribution is 5.89.